The number of urea groups is 2. The van der Waals surface area contributed by atoms with Crippen LogP contribution in [0.2, 0.25) is 0 Å². The van der Waals surface area contributed by atoms with E-state index in [9.17, 15) is 14.7 Å². The Hall–Kier alpha value is -2.16. The van der Waals surface area contributed by atoms with Crippen LogP contribution >= 0.6 is 0 Å². The summed E-state index contributed by atoms with van der Waals surface area (Å²) in [7, 11) is 0. The normalized spacial score (nSPS) is 21.0. The zero-order valence-electron chi connectivity index (χ0n) is 14.2. The van der Waals surface area contributed by atoms with Gasteiger partial charge in [-0.3, -0.25) is 5.32 Å². The van der Waals surface area contributed by atoms with E-state index in [1.54, 1.807) is 0 Å². The van der Waals surface area contributed by atoms with Crippen LogP contribution in [-0.4, -0.2) is 47.6 Å². The molecular formula is C17H24N4O4. The first kappa shape index (κ1) is 17.7. The van der Waals surface area contributed by atoms with Crippen LogP contribution in [0.25, 0.3) is 0 Å². The van der Waals surface area contributed by atoms with Gasteiger partial charge in [0.1, 0.15) is 0 Å². The molecule has 2 saturated heterocycles. The zero-order valence-corrected chi connectivity index (χ0v) is 14.2. The predicted molar refractivity (Wildman–Crippen MR) is 90.4 cm³/mol. The molecule has 4 N–H and O–H groups in total. The number of ether oxygens (including phenoxy) is 1. The third-order valence-corrected chi connectivity index (χ3v) is 4.58. The SMILES string of the molecule is CC(NC1NC(=O)N(C2CCOCC2)C(=O)N1)c1cccc(CO)c1. The third kappa shape index (κ3) is 4.09. The number of aliphatic hydroxyl groups is 1. The van der Waals surface area contributed by atoms with Gasteiger partial charge in [0, 0.05) is 25.3 Å². The molecule has 136 valence electrons. The molecule has 2 aliphatic rings. The number of nitrogens with one attached hydrogen (secondary N) is 3. The highest BCUT2D eigenvalue weighted by Gasteiger charge is 2.37. The fourth-order valence-electron chi connectivity index (χ4n) is 3.18. The molecule has 8 nitrogen and oxygen atoms in total. The minimum Gasteiger partial charge on any atom is -0.392 e. The van der Waals surface area contributed by atoms with Gasteiger partial charge in [-0.1, -0.05) is 24.3 Å². The molecule has 1 atom stereocenters. The number of imide groups is 1. The molecule has 0 aromatic heterocycles. The third-order valence-electron chi connectivity index (χ3n) is 4.58. The van der Waals surface area contributed by atoms with Crippen LogP contribution in [0.5, 0.6) is 0 Å². The summed E-state index contributed by atoms with van der Waals surface area (Å²) in [6, 6.07) is 6.47. The number of hydrogen-bond donors (Lipinski definition) is 4. The van der Waals surface area contributed by atoms with E-state index in [4.69, 9.17) is 4.74 Å². The van der Waals surface area contributed by atoms with Crippen molar-refractivity contribution in [1.82, 2.24) is 20.9 Å². The Morgan fingerprint density at radius 1 is 1.28 bits per heavy atom. The fraction of sp³-hybridized carbons (Fsp3) is 0.529. The molecule has 0 spiro atoms. The molecule has 2 fully saturated rings. The van der Waals surface area contributed by atoms with Crippen LogP contribution in [0, 0.1) is 0 Å². The minimum atomic E-state index is -0.649. The summed E-state index contributed by atoms with van der Waals surface area (Å²) in [5.41, 5.74) is 1.77. The van der Waals surface area contributed by atoms with Crippen molar-refractivity contribution >= 4 is 12.1 Å². The lowest BCUT2D eigenvalue weighted by Crippen LogP contribution is -2.70. The maximum absolute atomic E-state index is 12.4. The quantitative estimate of drug-likeness (QED) is 0.636. The van der Waals surface area contributed by atoms with Crippen LogP contribution in [0.15, 0.2) is 24.3 Å². The van der Waals surface area contributed by atoms with Gasteiger partial charge >= 0.3 is 12.1 Å². The van der Waals surface area contributed by atoms with E-state index >= 15 is 0 Å². The fourth-order valence-corrected chi connectivity index (χ4v) is 3.18. The maximum Gasteiger partial charge on any atom is 0.328 e. The molecule has 1 unspecified atom stereocenters. The maximum atomic E-state index is 12.4. The van der Waals surface area contributed by atoms with E-state index in [0.717, 1.165) is 11.1 Å². The van der Waals surface area contributed by atoms with Gasteiger partial charge in [-0.2, -0.15) is 0 Å². The van der Waals surface area contributed by atoms with Gasteiger partial charge in [-0.05, 0) is 30.9 Å². The van der Waals surface area contributed by atoms with Gasteiger partial charge in [-0.25, -0.2) is 14.5 Å². The number of rotatable bonds is 5. The van der Waals surface area contributed by atoms with Crippen molar-refractivity contribution in [2.75, 3.05) is 13.2 Å². The Balaban J connectivity index is 1.61. The van der Waals surface area contributed by atoms with Gasteiger partial charge in [0.05, 0.1) is 6.61 Å². The lowest BCUT2D eigenvalue weighted by atomic mass is 10.1. The van der Waals surface area contributed by atoms with Crippen molar-refractivity contribution in [2.24, 2.45) is 0 Å². The largest absolute Gasteiger partial charge is 0.392 e. The zero-order chi connectivity index (χ0) is 17.8. The molecule has 1 aromatic rings. The Morgan fingerprint density at radius 3 is 2.60 bits per heavy atom. The highest BCUT2D eigenvalue weighted by atomic mass is 16.5. The summed E-state index contributed by atoms with van der Waals surface area (Å²) in [6.45, 7) is 3.01. The summed E-state index contributed by atoms with van der Waals surface area (Å²) in [6.07, 6.45) is 0.663. The number of hydrogen-bond acceptors (Lipinski definition) is 5. The number of nitrogens with zero attached hydrogens (tertiary/aromatic N) is 1. The topological polar surface area (TPSA) is 103 Å². The van der Waals surface area contributed by atoms with Crippen LogP contribution < -0.4 is 16.0 Å². The summed E-state index contributed by atoms with van der Waals surface area (Å²) in [5, 5.41) is 18.0. The van der Waals surface area contributed by atoms with Crippen molar-refractivity contribution in [3.63, 3.8) is 0 Å². The van der Waals surface area contributed by atoms with Gasteiger partial charge in [-0.15, -0.1) is 0 Å². The molecule has 0 bridgehead atoms. The molecule has 0 aliphatic carbocycles. The lowest BCUT2D eigenvalue weighted by molar-refractivity contribution is 0.0492. The molecular weight excluding hydrogens is 324 g/mol. The van der Waals surface area contributed by atoms with Gasteiger partial charge in [0.15, 0.2) is 6.29 Å². The molecule has 25 heavy (non-hydrogen) atoms. The second-order valence-corrected chi connectivity index (χ2v) is 6.34. The molecule has 2 heterocycles. The minimum absolute atomic E-state index is 0.0302. The summed E-state index contributed by atoms with van der Waals surface area (Å²) < 4.78 is 5.28. The Morgan fingerprint density at radius 2 is 1.96 bits per heavy atom. The van der Waals surface area contributed by atoms with E-state index in [0.29, 0.717) is 26.1 Å². The molecule has 4 amide bonds. The summed E-state index contributed by atoms with van der Waals surface area (Å²) in [4.78, 5) is 26.0. The van der Waals surface area contributed by atoms with Crippen LogP contribution in [0.3, 0.4) is 0 Å². The van der Waals surface area contributed by atoms with Crippen molar-refractivity contribution in [2.45, 2.75) is 44.7 Å². The Kier molecular flexibility index (Phi) is 5.52. The number of aliphatic hydroxyl groups excluding tert-OH is 1. The van der Waals surface area contributed by atoms with Gasteiger partial charge < -0.3 is 20.5 Å². The lowest BCUT2D eigenvalue weighted by Gasteiger charge is -2.39. The Labute approximate surface area is 146 Å². The first-order valence-corrected chi connectivity index (χ1v) is 8.52. The van der Waals surface area contributed by atoms with Crippen LogP contribution in [0.1, 0.15) is 36.9 Å². The molecule has 3 rings (SSSR count). The van der Waals surface area contributed by atoms with Crippen LogP contribution in [-0.2, 0) is 11.3 Å². The van der Waals surface area contributed by atoms with Crippen LogP contribution in [0.4, 0.5) is 9.59 Å². The summed E-state index contributed by atoms with van der Waals surface area (Å²) in [5.74, 6) is 0. The number of amides is 4. The number of carbonyl (C=O) groups excluding carboxylic acids is 2. The van der Waals surface area contributed by atoms with E-state index in [1.807, 2.05) is 31.2 Å². The highest BCUT2D eigenvalue weighted by Crippen LogP contribution is 2.18. The first-order valence-electron chi connectivity index (χ1n) is 8.52. The monoisotopic (exact) mass is 348 g/mol. The smallest absolute Gasteiger partial charge is 0.328 e. The molecule has 8 heteroatoms. The van der Waals surface area contributed by atoms with Gasteiger partial charge in [0.25, 0.3) is 0 Å². The van der Waals surface area contributed by atoms with Crippen molar-refractivity contribution < 1.29 is 19.4 Å². The molecule has 2 aliphatic heterocycles. The summed E-state index contributed by atoms with van der Waals surface area (Å²) >= 11 is 0. The van der Waals surface area contributed by atoms with E-state index < -0.39 is 18.4 Å². The Bertz CT molecular complexity index is 615. The second-order valence-electron chi connectivity index (χ2n) is 6.34. The van der Waals surface area contributed by atoms with E-state index in [-0.39, 0.29) is 18.7 Å². The standard InChI is InChI=1S/C17H24N4O4/c1-11(13-4-2-3-12(9-13)10-22)18-15-19-16(23)21(17(24)20-15)14-5-7-25-8-6-14/h2-4,9,11,14-15,18,22H,5-8,10H2,1H3,(H,19,23)(H,20,24). The van der Waals surface area contributed by atoms with E-state index in [1.165, 1.54) is 4.90 Å². The highest BCUT2D eigenvalue weighted by molar-refractivity contribution is 5.96. The molecule has 0 radical (unpaired) electrons. The first-order chi connectivity index (χ1) is 12.1. The van der Waals surface area contributed by atoms with E-state index in [2.05, 4.69) is 16.0 Å². The van der Waals surface area contributed by atoms with Crippen molar-refractivity contribution in [3.8, 4) is 0 Å². The van der Waals surface area contributed by atoms with Crippen molar-refractivity contribution in [1.29, 1.82) is 0 Å². The van der Waals surface area contributed by atoms with Gasteiger partial charge in [0.2, 0.25) is 0 Å². The average molecular weight is 348 g/mol. The molecule has 0 saturated carbocycles. The van der Waals surface area contributed by atoms with Crippen molar-refractivity contribution in [3.05, 3.63) is 35.4 Å². The average Bonchev–Trinajstić information content (AvgIpc) is 2.62. The number of carbonyl (C=O) groups is 2. The second kappa shape index (κ2) is 7.81. The number of benzene rings is 1. The molecule has 1 aromatic carbocycles. The predicted octanol–water partition coefficient (Wildman–Crippen LogP) is 1.03.